The third-order valence-corrected chi connectivity index (χ3v) is 9.83. The first-order valence-electron chi connectivity index (χ1n) is 15.2. The van der Waals surface area contributed by atoms with Crippen LogP contribution in [0.15, 0.2) is 106 Å². The number of ether oxygens (including phenoxy) is 2. The summed E-state index contributed by atoms with van der Waals surface area (Å²) in [4.78, 5) is 19.0. The van der Waals surface area contributed by atoms with Gasteiger partial charge < -0.3 is 20.1 Å². The minimum atomic E-state index is -0.645. The molecule has 0 fully saturated rings. The Hall–Kier alpha value is -3.96. The van der Waals surface area contributed by atoms with Crippen LogP contribution in [0.2, 0.25) is 10.0 Å². The third kappa shape index (κ3) is 7.52. The number of anilines is 2. The summed E-state index contributed by atoms with van der Waals surface area (Å²) in [7, 11) is 0. The minimum absolute atomic E-state index is 0.261. The lowest BCUT2D eigenvalue weighted by molar-refractivity contribution is -0.113. The largest absolute Gasteiger partial charge is 0.490 e. The Morgan fingerprint density at radius 1 is 1.02 bits per heavy atom. The van der Waals surface area contributed by atoms with Gasteiger partial charge in [0.2, 0.25) is 11.1 Å². The summed E-state index contributed by atoms with van der Waals surface area (Å²) in [6.45, 7) is 6.46. The molecule has 0 bridgehead atoms. The van der Waals surface area contributed by atoms with Crippen molar-refractivity contribution in [1.82, 2.24) is 14.8 Å². The molecule has 6 rings (SSSR count). The van der Waals surface area contributed by atoms with Crippen LogP contribution in [0.25, 0.3) is 0 Å². The first kappa shape index (κ1) is 33.9. The summed E-state index contributed by atoms with van der Waals surface area (Å²) >= 11 is 17.7. The van der Waals surface area contributed by atoms with Gasteiger partial charge in [0.25, 0.3) is 5.91 Å². The van der Waals surface area contributed by atoms with Gasteiger partial charge in [-0.05, 0) is 95.4 Å². The zero-order chi connectivity index (χ0) is 33.8. The highest BCUT2D eigenvalue weighted by Crippen LogP contribution is 2.44. The van der Waals surface area contributed by atoms with E-state index in [1.165, 1.54) is 11.8 Å². The number of benzene rings is 4. The molecule has 0 saturated carbocycles. The molecule has 0 radical (unpaired) electrons. The molecule has 5 aromatic rings. The minimum Gasteiger partial charge on any atom is -0.490 e. The van der Waals surface area contributed by atoms with E-state index in [0.29, 0.717) is 67.4 Å². The van der Waals surface area contributed by atoms with Crippen LogP contribution in [0.3, 0.4) is 0 Å². The van der Waals surface area contributed by atoms with E-state index in [-0.39, 0.29) is 5.91 Å². The molecule has 12 heteroatoms. The molecular weight excluding hydrogens is 733 g/mol. The van der Waals surface area contributed by atoms with Crippen LogP contribution in [0.4, 0.5) is 11.6 Å². The average Bonchev–Trinajstić information content (AvgIpc) is 3.47. The van der Waals surface area contributed by atoms with Gasteiger partial charge in [-0.25, -0.2) is 4.68 Å². The van der Waals surface area contributed by atoms with Crippen LogP contribution < -0.4 is 20.1 Å². The van der Waals surface area contributed by atoms with Crippen LogP contribution in [0.1, 0.15) is 42.1 Å². The molecule has 2 heterocycles. The van der Waals surface area contributed by atoms with E-state index in [2.05, 4.69) is 26.6 Å². The molecule has 1 amide bonds. The number of nitrogens with one attached hydrogen (secondary N) is 2. The molecule has 0 aliphatic carbocycles. The Morgan fingerprint density at radius 3 is 2.52 bits per heavy atom. The van der Waals surface area contributed by atoms with Crippen molar-refractivity contribution in [3.05, 3.63) is 133 Å². The van der Waals surface area contributed by atoms with E-state index in [9.17, 15) is 4.79 Å². The number of aryl methyl sites for hydroxylation is 1. The normalized spacial score (nSPS) is 13.9. The summed E-state index contributed by atoms with van der Waals surface area (Å²) in [5, 5.41) is 13.2. The zero-order valence-corrected chi connectivity index (χ0v) is 30.3. The molecule has 246 valence electrons. The Morgan fingerprint density at radius 2 is 1.77 bits per heavy atom. The lowest BCUT2D eigenvalue weighted by Gasteiger charge is -2.29. The quantitative estimate of drug-likeness (QED) is 0.130. The Balaban J connectivity index is 1.39. The summed E-state index contributed by atoms with van der Waals surface area (Å²) in [5.41, 5.74) is 5.52. The first-order chi connectivity index (χ1) is 23.2. The lowest BCUT2D eigenvalue weighted by atomic mass is 9.94. The number of hydrogen-bond donors (Lipinski definition) is 2. The predicted molar refractivity (Wildman–Crippen MR) is 196 cm³/mol. The highest BCUT2D eigenvalue weighted by Gasteiger charge is 2.35. The number of fused-ring (bicyclic) bond motifs is 1. The number of amides is 1. The van der Waals surface area contributed by atoms with Gasteiger partial charge in [-0.3, -0.25) is 4.79 Å². The number of allylic oxidation sites excluding steroid dienone is 1. The van der Waals surface area contributed by atoms with Gasteiger partial charge in [-0.15, -0.1) is 5.10 Å². The number of para-hydroxylation sites is 1. The molecule has 8 nitrogen and oxygen atoms in total. The number of carbonyl (C=O) groups is 1. The Bertz CT molecular complexity index is 2000. The number of thioether (sulfide) groups is 1. The second-order valence-electron chi connectivity index (χ2n) is 11.1. The maximum Gasteiger partial charge on any atom is 0.255 e. The maximum atomic E-state index is 14.2. The molecule has 2 N–H and O–H groups in total. The van der Waals surface area contributed by atoms with Crippen molar-refractivity contribution in [3.63, 3.8) is 0 Å². The van der Waals surface area contributed by atoms with Crippen LogP contribution in [0, 0.1) is 6.92 Å². The molecule has 48 heavy (non-hydrogen) atoms. The highest BCUT2D eigenvalue weighted by molar-refractivity contribution is 9.10. The van der Waals surface area contributed by atoms with Crippen LogP contribution in [-0.2, 0) is 17.2 Å². The van der Waals surface area contributed by atoms with Crippen molar-refractivity contribution in [2.75, 3.05) is 17.2 Å². The fraction of sp³-hybridized carbons (Fsp3) is 0.194. The van der Waals surface area contributed by atoms with E-state index in [1.54, 1.807) is 4.68 Å². The molecule has 1 atom stereocenters. The molecule has 0 saturated heterocycles. The first-order valence-corrected chi connectivity index (χ1v) is 17.8. The smallest absolute Gasteiger partial charge is 0.255 e. The van der Waals surface area contributed by atoms with Gasteiger partial charge in [0.05, 0.1) is 16.7 Å². The van der Waals surface area contributed by atoms with Crippen molar-refractivity contribution < 1.29 is 14.3 Å². The molecule has 1 aliphatic heterocycles. The summed E-state index contributed by atoms with van der Waals surface area (Å²) in [5.74, 6) is 1.92. The fourth-order valence-corrected chi connectivity index (χ4v) is 7.16. The standard InChI is InChI=1S/C36H32BrCl2N5O3S/c1-4-46-30-18-25(17-27(37)33(30)47-19-23-13-15-26(38)16-14-23)32-31(34(45)41-29-12-8-5-9-21(29)2)22(3)40-35-42-36(43-44(32)35)48-20-24-10-6-7-11-28(24)39/h5-18,32H,4,19-20H2,1-3H3,(H,41,45)(H,40,42,43). The SMILES string of the molecule is CCOc1cc(C2C(C(=O)Nc3ccccc3C)=C(C)Nc3nc(SCc4ccccc4Cl)nn32)cc(Br)c1OCc1ccc(Cl)cc1. The van der Waals surface area contributed by atoms with E-state index in [4.69, 9.17) is 42.8 Å². The van der Waals surface area contributed by atoms with Gasteiger partial charge in [0, 0.05) is 27.2 Å². The number of nitrogens with zero attached hydrogens (tertiary/aromatic N) is 3. The van der Waals surface area contributed by atoms with Gasteiger partial charge in [-0.1, -0.05) is 83.5 Å². The van der Waals surface area contributed by atoms with Gasteiger partial charge in [-0.2, -0.15) is 4.98 Å². The number of carbonyl (C=O) groups excluding carboxylic acids is 1. The van der Waals surface area contributed by atoms with E-state index in [0.717, 1.165) is 27.9 Å². The van der Waals surface area contributed by atoms with Crippen LogP contribution >= 0.6 is 50.9 Å². The molecular formula is C36H32BrCl2N5O3S. The van der Waals surface area contributed by atoms with Gasteiger partial charge >= 0.3 is 0 Å². The van der Waals surface area contributed by atoms with Crippen molar-refractivity contribution in [2.45, 2.75) is 44.3 Å². The average molecular weight is 766 g/mol. The van der Waals surface area contributed by atoms with E-state index in [1.807, 2.05) is 106 Å². The van der Waals surface area contributed by atoms with Crippen LogP contribution in [-0.4, -0.2) is 27.3 Å². The van der Waals surface area contributed by atoms with Crippen molar-refractivity contribution >= 4 is 68.4 Å². The topological polar surface area (TPSA) is 90.3 Å². The van der Waals surface area contributed by atoms with Crippen molar-refractivity contribution in [3.8, 4) is 11.5 Å². The van der Waals surface area contributed by atoms with Crippen molar-refractivity contribution in [2.24, 2.45) is 0 Å². The monoisotopic (exact) mass is 763 g/mol. The number of halogens is 3. The second kappa shape index (κ2) is 15.1. The number of hydrogen-bond acceptors (Lipinski definition) is 7. The Kier molecular flexibility index (Phi) is 10.7. The van der Waals surface area contributed by atoms with Gasteiger partial charge in [0.1, 0.15) is 12.6 Å². The third-order valence-electron chi connectivity index (χ3n) is 7.73. The molecule has 4 aromatic carbocycles. The number of rotatable bonds is 11. The summed E-state index contributed by atoms with van der Waals surface area (Å²) in [6, 6.07) is 26.1. The predicted octanol–water partition coefficient (Wildman–Crippen LogP) is 9.85. The van der Waals surface area contributed by atoms with E-state index >= 15 is 0 Å². The van der Waals surface area contributed by atoms with Gasteiger partial charge in [0.15, 0.2) is 11.5 Å². The summed E-state index contributed by atoms with van der Waals surface area (Å²) < 4.78 is 14.8. The van der Waals surface area contributed by atoms with E-state index < -0.39 is 6.04 Å². The van der Waals surface area contributed by atoms with Crippen LogP contribution in [0.5, 0.6) is 11.5 Å². The molecule has 0 spiro atoms. The zero-order valence-electron chi connectivity index (χ0n) is 26.4. The second-order valence-corrected chi connectivity index (χ2v) is 13.7. The molecule has 1 aromatic heterocycles. The molecule has 1 unspecified atom stereocenters. The highest BCUT2D eigenvalue weighted by atomic mass is 79.9. The molecule has 1 aliphatic rings. The Labute approximate surface area is 302 Å². The fourth-order valence-electron chi connectivity index (χ4n) is 5.34. The number of aromatic nitrogens is 3. The summed E-state index contributed by atoms with van der Waals surface area (Å²) in [6.07, 6.45) is 0. The van der Waals surface area contributed by atoms with Crippen molar-refractivity contribution in [1.29, 1.82) is 0 Å². The maximum absolute atomic E-state index is 14.2. The lowest BCUT2D eigenvalue weighted by Crippen LogP contribution is -2.31.